The summed E-state index contributed by atoms with van der Waals surface area (Å²) >= 11 is 0. The van der Waals surface area contributed by atoms with Crippen molar-refractivity contribution in [3.05, 3.63) is 89.4 Å². The summed E-state index contributed by atoms with van der Waals surface area (Å²) in [5.41, 5.74) is 2.76. The lowest BCUT2D eigenvalue weighted by molar-refractivity contribution is -0.130. The summed E-state index contributed by atoms with van der Waals surface area (Å²) in [4.78, 5) is 37.8. The maximum atomic E-state index is 12.8. The minimum atomic E-state index is -0.995. The van der Waals surface area contributed by atoms with Crippen LogP contribution in [0.4, 0.5) is 5.69 Å². The second-order valence-corrected chi connectivity index (χ2v) is 7.68. The van der Waals surface area contributed by atoms with Crippen LogP contribution < -0.4 is 10.6 Å². The number of furan rings is 1. The van der Waals surface area contributed by atoms with Gasteiger partial charge in [-0.2, -0.15) is 0 Å². The number of para-hydroxylation sites is 1. The Labute approximate surface area is 185 Å². The van der Waals surface area contributed by atoms with E-state index in [0.717, 1.165) is 24.8 Å². The Hall–Kier alpha value is -3.87. The summed E-state index contributed by atoms with van der Waals surface area (Å²) in [5.74, 6) is -1.44. The van der Waals surface area contributed by atoms with Crippen LogP contribution in [0, 0.1) is 0 Å². The second-order valence-electron chi connectivity index (χ2n) is 7.68. The molecule has 2 atom stereocenters. The number of anilines is 1. The second kappa shape index (κ2) is 9.51. The van der Waals surface area contributed by atoms with E-state index in [9.17, 15) is 14.4 Å². The van der Waals surface area contributed by atoms with Gasteiger partial charge in [0.25, 0.3) is 11.8 Å². The van der Waals surface area contributed by atoms with E-state index in [1.807, 2.05) is 18.2 Å². The van der Waals surface area contributed by atoms with E-state index < -0.39 is 18.0 Å². The number of carbonyl (C=O) groups excluding carboxylic acids is 3. The number of benzene rings is 2. The fraction of sp³-hybridized carbons (Fsp3) is 0.240. The van der Waals surface area contributed by atoms with Crippen molar-refractivity contribution in [1.29, 1.82) is 0 Å². The van der Waals surface area contributed by atoms with Gasteiger partial charge < -0.3 is 19.8 Å². The Morgan fingerprint density at radius 1 is 1.03 bits per heavy atom. The Morgan fingerprint density at radius 2 is 1.81 bits per heavy atom. The van der Waals surface area contributed by atoms with Gasteiger partial charge in [0, 0.05) is 0 Å². The topological polar surface area (TPSA) is 97.6 Å². The van der Waals surface area contributed by atoms with Crippen molar-refractivity contribution in [1.82, 2.24) is 5.32 Å². The molecule has 2 unspecified atom stereocenters. The van der Waals surface area contributed by atoms with Crippen LogP contribution in [0.15, 0.2) is 71.3 Å². The summed E-state index contributed by atoms with van der Waals surface area (Å²) in [6.45, 7) is 1.53. The molecule has 2 N–H and O–H groups in total. The first kappa shape index (κ1) is 21.4. The van der Waals surface area contributed by atoms with Crippen LogP contribution in [0.5, 0.6) is 0 Å². The van der Waals surface area contributed by atoms with Crippen molar-refractivity contribution in [3.8, 4) is 0 Å². The lowest BCUT2D eigenvalue weighted by atomic mass is 9.87. The molecule has 32 heavy (non-hydrogen) atoms. The number of hydrogen-bond donors (Lipinski definition) is 2. The molecule has 2 aromatic carbocycles. The summed E-state index contributed by atoms with van der Waals surface area (Å²) in [5, 5.41) is 5.64. The van der Waals surface area contributed by atoms with Gasteiger partial charge in [-0.05, 0) is 61.6 Å². The fourth-order valence-electron chi connectivity index (χ4n) is 3.83. The molecule has 0 aliphatic heterocycles. The fourth-order valence-corrected chi connectivity index (χ4v) is 3.83. The van der Waals surface area contributed by atoms with Crippen LogP contribution in [0.3, 0.4) is 0 Å². The predicted octanol–water partition coefficient (Wildman–Crippen LogP) is 4.27. The van der Waals surface area contributed by atoms with E-state index in [4.69, 9.17) is 9.15 Å². The number of aryl methyl sites for hydroxylation is 1. The van der Waals surface area contributed by atoms with E-state index in [2.05, 4.69) is 16.7 Å². The van der Waals surface area contributed by atoms with Crippen LogP contribution >= 0.6 is 0 Å². The average Bonchev–Trinajstić information content (AvgIpc) is 3.35. The number of fused-ring (bicyclic) bond motifs is 1. The maximum absolute atomic E-state index is 12.8. The highest BCUT2D eigenvalue weighted by Gasteiger charge is 2.26. The lowest BCUT2D eigenvalue weighted by Crippen LogP contribution is -2.39. The number of carbonyl (C=O) groups is 3. The maximum Gasteiger partial charge on any atom is 0.341 e. The van der Waals surface area contributed by atoms with Crippen LogP contribution in [0.25, 0.3) is 0 Å². The molecule has 1 aliphatic carbocycles. The highest BCUT2D eigenvalue weighted by Crippen LogP contribution is 2.29. The van der Waals surface area contributed by atoms with E-state index in [0.29, 0.717) is 0 Å². The summed E-state index contributed by atoms with van der Waals surface area (Å²) < 4.78 is 10.5. The van der Waals surface area contributed by atoms with Crippen molar-refractivity contribution in [2.75, 3.05) is 5.32 Å². The molecule has 1 heterocycles. The SMILES string of the molecule is CC(OC(=O)c1ccccc1NC(=O)c1ccco1)C(=O)NC1CCCc2ccccc21. The van der Waals surface area contributed by atoms with E-state index in [-0.39, 0.29) is 29.0 Å². The van der Waals surface area contributed by atoms with Crippen LogP contribution in [-0.4, -0.2) is 23.9 Å². The van der Waals surface area contributed by atoms with Crippen molar-refractivity contribution in [2.45, 2.75) is 38.3 Å². The van der Waals surface area contributed by atoms with E-state index >= 15 is 0 Å². The van der Waals surface area contributed by atoms with E-state index in [1.54, 1.807) is 24.3 Å². The standard InChI is InChI=1S/C25H24N2O5/c1-16(23(28)26-20-13-6-9-17-8-2-3-10-18(17)20)32-25(30)19-11-4-5-12-21(19)27-24(29)22-14-7-15-31-22/h2-5,7-8,10-12,14-16,20H,6,9,13H2,1H3,(H,26,28)(H,27,29). The predicted molar refractivity (Wildman–Crippen MR) is 118 cm³/mol. The number of rotatable bonds is 6. The molecule has 2 amide bonds. The highest BCUT2D eigenvalue weighted by atomic mass is 16.5. The molecule has 3 aromatic rings. The van der Waals surface area contributed by atoms with Gasteiger partial charge in [0.15, 0.2) is 11.9 Å². The van der Waals surface area contributed by atoms with Gasteiger partial charge in [-0.1, -0.05) is 36.4 Å². The number of hydrogen-bond acceptors (Lipinski definition) is 5. The van der Waals surface area contributed by atoms with Crippen LogP contribution in [-0.2, 0) is 16.0 Å². The third-order valence-electron chi connectivity index (χ3n) is 5.48. The van der Waals surface area contributed by atoms with Gasteiger partial charge in [0.05, 0.1) is 23.6 Å². The quantitative estimate of drug-likeness (QED) is 0.567. The Balaban J connectivity index is 1.41. The molecule has 1 aromatic heterocycles. The zero-order valence-corrected chi connectivity index (χ0v) is 17.7. The minimum Gasteiger partial charge on any atom is -0.459 e. The molecule has 0 bridgehead atoms. The first-order valence-electron chi connectivity index (χ1n) is 10.6. The normalized spacial score (nSPS) is 15.8. The highest BCUT2D eigenvalue weighted by molar-refractivity contribution is 6.07. The largest absolute Gasteiger partial charge is 0.459 e. The van der Waals surface area contributed by atoms with E-state index in [1.165, 1.54) is 30.9 Å². The Kier molecular flexibility index (Phi) is 6.35. The first-order valence-corrected chi connectivity index (χ1v) is 10.6. The zero-order chi connectivity index (χ0) is 22.5. The molecule has 0 saturated heterocycles. The number of nitrogens with one attached hydrogen (secondary N) is 2. The van der Waals surface area contributed by atoms with Gasteiger partial charge in [-0.25, -0.2) is 4.79 Å². The first-order chi connectivity index (χ1) is 15.5. The lowest BCUT2D eigenvalue weighted by Gasteiger charge is -2.27. The Morgan fingerprint density at radius 3 is 2.62 bits per heavy atom. The monoisotopic (exact) mass is 432 g/mol. The molecule has 0 spiro atoms. The molecule has 164 valence electrons. The van der Waals surface area contributed by atoms with Crippen LogP contribution in [0.2, 0.25) is 0 Å². The molecular weight excluding hydrogens is 408 g/mol. The number of esters is 1. The third-order valence-corrected chi connectivity index (χ3v) is 5.48. The van der Waals surface area contributed by atoms with Crippen LogP contribution in [0.1, 0.15) is 57.8 Å². The summed E-state index contributed by atoms with van der Waals surface area (Å²) in [7, 11) is 0. The number of amides is 2. The summed E-state index contributed by atoms with van der Waals surface area (Å²) in [6.07, 6.45) is 3.21. The molecule has 7 heteroatoms. The van der Waals surface area contributed by atoms with Gasteiger partial charge in [-0.3, -0.25) is 9.59 Å². The van der Waals surface area contributed by atoms with Crippen molar-refractivity contribution in [2.24, 2.45) is 0 Å². The smallest absolute Gasteiger partial charge is 0.341 e. The van der Waals surface area contributed by atoms with Crippen molar-refractivity contribution < 1.29 is 23.5 Å². The molecular formula is C25H24N2O5. The van der Waals surface area contributed by atoms with Gasteiger partial charge in [-0.15, -0.1) is 0 Å². The summed E-state index contributed by atoms with van der Waals surface area (Å²) in [6, 6.07) is 17.5. The zero-order valence-electron chi connectivity index (χ0n) is 17.7. The average molecular weight is 432 g/mol. The molecule has 0 fully saturated rings. The molecule has 4 rings (SSSR count). The molecule has 1 aliphatic rings. The third kappa shape index (κ3) is 4.72. The molecule has 0 saturated carbocycles. The van der Waals surface area contributed by atoms with Crippen molar-refractivity contribution in [3.63, 3.8) is 0 Å². The Bertz CT molecular complexity index is 1120. The minimum absolute atomic E-state index is 0.103. The van der Waals surface area contributed by atoms with Crippen molar-refractivity contribution >= 4 is 23.5 Å². The van der Waals surface area contributed by atoms with Gasteiger partial charge >= 0.3 is 5.97 Å². The van der Waals surface area contributed by atoms with Gasteiger partial charge in [0.1, 0.15) is 0 Å². The van der Waals surface area contributed by atoms with Gasteiger partial charge in [0.2, 0.25) is 0 Å². The molecule has 0 radical (unpaired) electrons. The number of ether oxygens (including phenoxy) is 1. The molecule has 7 nitrogen and oxygen atoms in total.